The molecule has 1 heteroatoms. The fourth-order valence-electron chi connectivity index (χ4n) is 1.61. The van der Waals surface area contributed by atoms with Crippen LogP contribution in [0.3, 0.4) is 0 Å². The molecule has 0 amide bonds. The Morgan fingerprint density at radius 3 is 2.64 bits per heavy atom. The molecule has 58 valence electrons. The van der Waals surface area contributed by atoms with Gasteiger partial charge in [0.25, 0.3) is 0 Å². The maximum Gasteiger partial charge on any atom is 2.00 e. The number of rotatable bonds is 0. The number of hydrogen-bond donors (Lipinski definition) is 0. The van der Waals surface area contributed by atoms with E-state index < -0.39 is 0 Å². The van der Waals surface area contributed by atoms with Crippen LogP contribution in [0.1, 0.15) is 24.0 Å². The third-order valence-corrected chi connectivity index (χ3v) is 2.15. The van der Waals surface area contributed by atoms with Crippen LogP contribution in [0.2, 0.25) is 0 Å². The first kappa shape index (κ1) is 11.1. The van der Waals surface area contributed by atoms with Crippen LogP contribution in [0.15, 0.2) is 18.2 Å². The molecule has 11 heavy (non-hydrogen) atoms. The molecule has 1 aromatic carbocycles. The van der Waals surface area contributed by atoms with Gasteiger partial charge in [0.1, 0.15) is 0 Å². The first-order valence-electron chi connectivity index (χ1n) is 3.70. The van der Waals surface area contributed by atoms with Crippen LogP contribution >= 0.6 is 0 Å². The van der Waals surface area contributed by atoms with Crippen LogP contribution in [-0.4, -0.2) is 0 Å². The zero-order chi connectivity index (χ0) is 6.10. The van der Waals surface area contributed by atoms with E-state index in [0.29, 0.717) is 0 Å². The van der Waals surface area contributed by atoms with Gasteiger partial charge >= 0.3 is 21.7 Å². The van der Waals surface area contributed by atoms with Gasteiger partial charge in [-0.05, 0) is 0 Å². The van der Waals surface area contributed by atoms with Crippen LogP contribution in [0, 0.1) is 7.43 Å². The van der Waals surface area contributed by atoms with Gasteiger partial charge in [-0.2, -0.15) is 23.3 Å². The SMILES string of the molecule is [CH3-].[Ti+2].c1cc2c([cH-]1)CCCC2. The summed E-state index contributed by atoms with van der Waals surface area (Å²) in [6.45, 7) is 0. The smallest absolute Gasteiger partial charge is 0.358 e. The molecule has 0 fully saturated rings. The van der Waals surface area contributed by atoms with E-state index in [1.165, 1.54) is 25.7 Å². The molecule has 1 aliphatic rings. The summed E-state index contributed by atoms with van der Waals surface area (Å²) < 4.78 is 0. The molecule has 0 bridgehead atoms. The second-order valence-electron chi connectivity index (χ2n) is 2.78. The van der Waals surface area contributed by atoms with Gasteiger partial charge < -0.3 is 7.43 Å². The summed E-state index contributed by atoms with van der Waals surface area (Å²) in [5.74, 6) is 0. The summed E-state index contributed by atoms with van der Waals surface area (Å²) in [4.78, 5) is 0. The van der Waals surface area contributed by atoms with E-state index in [-0.39, 0.29) is 29.1 Å². The average Bonchev–Trinajstić information content (AvgIpc) is 2.33. The molecule has 2 rings (SSSR count). The van der Waals surface area contributed by atoms with Gasteiger partial charge in [0.05, 0.1) is 0 Å². The molecule has 0 spiro atoms. The maximum atomic E-state index is 2.26. The third kappa shape index (κ3) is 2.25. The van der Waals surface area contributed by atoms with Gasteiger partial charge in [0, 0.05) is 0 Å². The minimum absolute atomic E-state index is 0. The second-order valence-corrected chi connectivity index (χ2v) is 2.78. The Labute approximate surface area is 84.3 Å². The van der Waals surface area contributed by atoms with Gasteiger partial charge in [0.2, 0.25) is 0 Å². The third-order valence-electron chi connectivity index (χ3n) is 2.15. The molecule has 0 unspecified atom stereocenters. The van der Waals surface area contributed by atoms with E-state index in [2.05, 4.69) is 18.2 Å². The van der Waals surface area contributed by atoms with Gasteiger partial charge in [-0.15, -0.1) is 0 Å². The molecule has 0 saturated heterocycles. The van der Waals surface area contributed by atoms with Crippen LogP contribution in [0.25, 0.3) is 0 Å². The Bertz CT molecular complexity index is 180. The van der Waals surface area contributed by atoms with Crippen molar-refractivity contribution in [3.05, 3.63) is 36.8 Å². The van der Waals surface area contributed by atoms with Crippen LogP contribution in [0.4, 0.5) is 0 Å². The van der Waals surface area contributed by atoms with Gasteiger partial charge in [0.15, 0.2) is 0 Å². The summed E-state index contributed by atoms with van der Waals surface area (Å²) in [6, 6.07) is 6.69. The van der Waals surface area contributed by atoms with E-state index in [4.69, 9.17) is 0 Å². The molecule has 0 radical (unpaired) electrons. The number of fused-ring (bicyclic) bond motifs is 1. The summed E-state index contributed by atoms with van der Waals surface area (Å²) >= 11 is 0. The van der Waals surface area contributed by atoms with Crippen molar-refractivity contribution >= 4 is 0 Å². The zero-order valence-corrected chi connectivity index (χ0v) is 8.62. The Hall–Kier alpha value is 0.0643. The molecule has 0 nitrogen and oxygen atoms in total. The molecule has 0 N–H and O–H groups in total. The topological polar surface area (TPSA) is 0 Å². The van der Waals surface area contributed by atoms with E-state index in [0.717, 1.165) is 0 Å². The van der Waals surface area contributed by atoms with Crippen molar-refractivity contribution in [3.8, 4) is 0 Å². The number of aryl methyl sites for hydroxylation is 2. The monoisotopic (exact) mass is 182 g/mol. The minimum Gasteiger partial charge on any atom is -0.358 e. The van der Waals surface area contributed by atoms with Crippen molar-refractivity contribution in [1.82, 2.24) is 0 Å². The van der Waals surface area contributed by atoms with Crippen molar-refractivity contribution in [1.29, 1.82) is 0 Å². The molecule has 0 saturated carbocycles. The van der Waals surface area contributed by atoms with Crippen molar-refractivity contribution in [2.24, 2.45) is 0 Å². The first-order valence-corrected chi connectivity index (χ1v) is 3.70. The van der Waals surface area contributed by atoms with Crippen LogP contribution < -0.4 is 0 Å². The van der Waals surface area contributed by atoms with Crippen molar-refractivity contribution < 1.29 is 21.7 Å². The molecule has 0 aromatic heterocycles. The van der Waals surface area contributed by atoms with E-state index >= 15 is 0 Å². The molecule has 0 atom stereocenters. The molecule has 1 aromatic rings. The number of hydrogen-bond acceptors (Lipinski definition) is 0. The standard InChI is InChI=1S/C9H11.CH3.Ti/c1-2-5-9-7-3-6-8(9)4-1;;/h3,6-7H,1-2,4-5H2;1H3;/q2*-1;+2. The Morgan fingerprint density at radius 1 is 1.18 bits per heavy atom. The molecular formula is C10H14Ti. The van der Waals surface area contributed by atoms with Crippen LogP contribution in [0.5, 0.6) is 0 Å². The second kappa shape index (κ2) is 4.84. The maximum absolute atomic E-state index is 2.26. The van der Waals surface area contributed by atoms with Gasteiger partial charge in [-0.25, -0.2) is 6.07 Å². The normalized spacial score (nSPS) is 14.2. The predicted molar refractivity (Wildman–Crippen MR) is 45.1 cm³/mol. The molecule has 0 heterocycles. The molecule has 0 aliphatic heterocycles. The summed E-state index contributed by atoms with van der Waals surface area (Å²) in [5, 5.41) is 0. The Balaban J connectivity index is 0.000000500. The average molecular weight is 182 g/mol. The zero-order valence-electron chi connectivity index (χ0n) is 7.06. The van der Waals surface area contributed by atoms with Gasteiger partial charge in [-0.1, -0.05) is 25.7 Å². The quantitative estimate of drug-likeness (QED) is 0.427. The van der Waals surface area contributed by atoms with Crippen molar-refractivity contribution in [2.75, 3.05) is 0 Å². The predicted octanol–water partition coefficient (Wildman–Crippen LogP) is 2.73. The Morgan fingerprint density at radius 2 is 1.91 bits per heavy atom. The largest absolute Gasteiger partial charge is 2.00 e. The first-order chi connectivity index (χ1) is 4.47. The minimum atomic E-state index is 0. The summed E-state index contributed by atoms with van der Waals surface area (Å²) in [6.07, 6.45) is 5.44. The Kier molecular flexibility index (Phi) is 4.87. The van der Waals surface area contributed by atoms with E-state index in [1.54, 1.807) is 11.1 Å². The summed E-state index contributed by atoms with van der Waals surface area (Å²) in [7, 11) is 0. The fourth-order valence-corrected chi connectivity index (χ4v) is 1.61. The van der Waals surface area contributed by atoms with Gasteiger partial charge in [-0.3, -0.25) is 0 Å². The fraction of sp³-hybridized carbons (Fsp3) is 0.400. The summed E-state index contributed by atoms with van der Waals surface area (Å²) in [5.41, 5.74) is 3.20. The van der Waals surface area contributed by atoms with Crippen LogP contribution in [-0.2, 0) is 34.6 Å². The van der Waals surface area contributed by atoms with E-state index in [9.17, 15) is 0 Å². The van der Waals surface area contributed by atoms with Crippen molar-refractivity contribution in [3.63, 3.8) is 0 Å². The van der Waals surface area contributed by atoms with E-state index in [1.807, 2.05) is 0 Å². The molecule has 1 aliphatic carbocycles. The van der Waals surface area contributed by atoms with Crippen molar-refractivity contribution in [2.45, 2.75) is 25.7 Å². The molecular weight excluding hydrogens is 168 g/mol.